The van der Waals surface area contributed by atoms with Crippen molar-refractivity contribution in [3.8, 4) is 5.75 Å². The quantitative estimate of drug-likeness (QED) is 0.742. The Morgan fingerprint density at radius 2 is 1.54 bits per heavy atom. The summed E-state index contributed by atoms with van der Waals surface area (Å²) in [5.74, 6) is -0.672. The number of ether oxygens (including phenoxy) is 2. The number of nitrogens with one attached hydrogen (secondary N) is 1. The van der Waals surface area contributed by atoms with Crippen LogP contribution in [-0.4, -0.2) is 50.0 Å². The molecule has 0 aliphatic heterocycles. The Kier molecular flexibility index (Phi) is 7.14. The zero-order valence-corrected chi connectivity index (χ0v) is 16.4. The molecule has 148 valence electrons. The summed E-state index contributed by atoms with van der Waals surface area (Å²) in [5, 5.41) is 2.60. The minimum Gasteiger partial charge on any atom is -0.482 e. The Labute approximate surface area is 164 Å². The number of hydrogen-bond donors (Lipinski definition) is 1. The molecule has 0 heterocycles. The topological polar surface area (TPSA) is 84.9 Å². The molecule has 0 fully saturated rings. The summed E-state index contributed by atoms with van der Waals surface area (Å²) in [6.45, 7) is 3.17. The lowest BCUT2D eigenvalue weighted by molar-refractivity contribution is -0.149. The molecule has 2 aromatic rings. The predicted octanol–water partition coefficient (Wildman–Crippen LogP) is 2.57. The van der Waals surface area contributed by atoms with Crippen LogP contribution in [0.15, 0.2) is 42.5 Å². The van der Waals surface area contributed by atoms with Gasteiger partial charge in [0.15, 0.2) is 13.2 Å². The van der Waals surface area contributed by atoms with E-state index < -0.39 is 18.5 Å². The standard InChI is InChI=1S/C21H24N2O5/c1-14-9-15(2)11-18(10-14)27-13-20(25)28-12-19(24)22-17-7-5-16(6-8-17)21(26)23(3)4/h5-11H,12-13H2,1-4H3,(H,22,24). The minimum atomic E-state index is -0.638. The third-order valence-electron chi connectivity index (χ3n) is 3.74. The number of nitrogens with zero attached hydrogens (tertiary/aromatic N) is 1. The van der Waals surface area contributed by atoms with Gasteiger partial charge in [-0.1, -0.05) is 6.07 Å². The fourth-order valence-corrected chi connectivity index (χ4v) is 2.50. The van der Waals surface area contributed by atoms with E-state index in [0.29, 0.717) is 17.0 Å². The Bertz CT molecular complexity index is 839. The number of carbonyl (C=O) groups excluding carboxylic acids is 3. The SMILES string of the molecule is Cc1cc(C)cc(OCC(=O)OCC(=O)Nc2ccc(C(=O)N(C)C)cc2)c1. The molecule has 28 heavy (non-hydrogen) atoms. The van der Waals surface area contributed by atoms with Gasteiger partial charge in [0.25, 0.3) is 11.8 Å². The molecule has 0 saturated carbocycles. The third kappa shape index (κ3) is 6.42. The van der Waals surface area contributed by atoms with E-state index in [9.17, 15) is 14.4 Å². The lowest BCUT2D eigenvalue weighted by atomic mass is 10.1. The van der Waals surface area contributed by atoms with Gasteiger partial charge in [0, 0.05) is 25.3 Å². The van der Waals surface area contributed by atoms with Gasteiger partial charge < -0.3 is 19.7 Å². The summed E-state index contributed by atoms with van der Waals surface area (Å²) in [6, 6.07) is 12.1. The van der Waals surface area contributed by atoms with Gasteiger partial charge in [0.2, 0.25) is 0 Å². The van der Waals surface area contributed by atoms with E-state index in [1.54, 1.807) is 38.4 Å². The highest BCUT2D eigenvalue weighted by molar-refractivity contribution is 5.96. The zero-order valence-electron chi connectivity index (χ0n) is 16.4. The first-order valence-electron chi connectivity index (χ1n) is 8.73. The molecule has 0 aliphatic rings. The molecular formula is C21H24N2O5. The fourth-order valence-electron chi connectivity index (χ4n) is 2.50. The van der Waals surface area contributed by atoms with E-state index in [4.69, 9.17) is 9.47 Å². The molecule has 0 aromatic heterocycles. The lowest BCUT2D eigenvalue weighted by Crippen LogP contribution is -2.24. The van der Waals surface area contributed by atoms with E-state index in [1.165, 1.54) is 4.90 Å². The molecule has 2 rings (SSSR count). The van der Waals surface area contributed by atoms with Crippen LogP contribution in [0.5, 0.6) is 5.75 Å². The molecule has 0 bridgehead atoms. The van der Waals surface area contributed by atoms with Gasteiger partial charge in [0.1, 0.15) is 5.75 Å². The number of amides is 2. The second-order valence-electron chi connectivity index (χ2n) is 6.60. The van der Waals surface area contributed by atoms with E-state index in [2.05, 4.69) is 5.32 Å². The summed E-state index contributed by atoms with van der Waals surface area (Å²) in [5.41, 5.74) is 3.07. The maximum absolute atomic E-state index is 11.9. The van der Waals surface area contributed by atoms with Gasteiger partial charge in [-0.3, -0.25) is 9.59 Å². The van der Waals surface area contributed by atoms with E-state index in [1.807, 2.05) is 32.0 Å². The van der Waals surface area contributed by atoms with Crippen LogP contribution in [0.2, 0.25) is 0 Å². The zero-order chi connectivity index (χ0) is 20.7. The maximum Gasteiger partial charge on any atom is 0.344 e. The van der Waals surface area contributed by atoms with Crippen molar-refractivity contribution in [3.63, 3.8) is 0 Å². The van der Waals surface area contributed by atoms with Crippen molar-refractivity contribution in [2.24, 2.45) is 0 Å². The Hall–Kier alpha value is -3.35. The summed E-state index contributed by atoms with van der Waals surface area (Å²) in [6.07, 6.45) is 0. The number of benzene rings is 2. The summed E-state index contributed by atoms with van der Waals surface area (Å²) in [4.78, 5) is 37.0. The molecule has 0 aliphatic carbocycles. The fraction of sp³-hybridized carbons (Fsp3) is 0.286. The van der Waals surface area contributed by atoms with Gasteiger partial charge in [-0.05, 0) is 61.4 Å². The Balaban J connectivity index is 1.77. The number of aryl methyl sites for hydroxylation is 2. The molecule has 0 unspecified atom stereocenters. The van der Waals surface area contributed by atoms with Crippen LogP contribution in [0.4, 0.5) is 5.69 Å². The van der Waals surface area contributed by atoms with Crippen LogP contribution in [-0.2, 0) is 14.3 Å². The number of anilines is 1. The van der Waals surface area contributed by atoms with Gasteiger partial charge in [-0.2, -0.15) is 0 Å². The third-order valence-corrected chi connectivity index (χ3v) is 3.74. The highest BCUT2D eigenvalue weighted by atomic mass is 16.6. The predicted molar refractivity (Wildman–Crippen MR) is 105 cm³/mol. The van der Waals surface area contributed by atoms with Crippen molar-refractivity contribution >= 4 is 23.5 Å². The van der Waals surface area contributed by atoms with Crippen LogP contribution in [0.1, 0.15) is 21.5 Å². The maximum atomic E-state index is 11.9. The largest absolute Gasteiger partial charge is 0.482 e. The van der Waals surface area contributed by atoms with Crippen LogP contribution < -0.4 is 10.1 Å². The average molecular weight is 384 g/mol. The first-order chi connectivity index (χ1) is 13.2. The summed E-state index contributed by atoms with van der Waals surface area (Å²) < 4.78 is 10.3. The van der Waals surface area contributed by atoms with Crippen molar-refractivity contribution < 1.29 is 23.9 Å². The lowest BCUT2D eigenvalue weighted by Gasteiger charge is -2.11. The van der Waals surface area contributed by atoms with Crippen molar-refractivity contribution in [1.29, 1.82) is 0 Å². The number of rotatable bonds is 7. The normalized spacial score (nSPS) is 10.1. The minimum absolute atomic E-state index is 0.129. The van der Waals surface area contributed by atoms with Gasteiger partial charge in [-0.15, -0.1) is 0 Å². The second kappa shape index (κ2) is 9.55. The molecule has 1 N–H and O–H groups in total. The van der Waals surface area contributed by atoms with E-state index in [0.717, 1.165) is 11.1 Å². The molecule has 7 heteroatoms. The summed E-state index contributed by atoms with van der Waals surface area (Å²) in [7, 11) is 3.33. The highest BCUT2D eigenvalue weighted by Gasteiger charge is 2.11. The first-order valence-corrected chi connectivity index (χ1v) is 8.73. The molecule has 7 nitrogen and oxygen atoms in total. The Morgan fingerprint density at radius 3 is 2.11 bits per heavy atom. The monoisotopic (exact) mass is 384 g/mol. The smallest absolute Gasteiger partial charge is 0.344 e. The van der Waals surface area contributed by atoms with Crippen LogP contribution in [0.25, 0.3) is 0 Å². The van der Waals surface area contributed by atoms with Gasteiger partial charge >= 0.3 is 5.97 Å². The average Bonchev–Trinajstić information content (AvgIpc) is 2.64. The van der Waals surface area contributed by atoms with Crippen molar-refractivity contribution in [2.75, 3.05) is 32.6 Å². The van der Waals surface area contributed by atoms with Crippen LogP contribution in [0.3, 0.4) is 0 Å². The van der Waals surface area contributed by atoms with Crippen LogP contribution in [0, 0.1) is 13.8 Å². The highest BCUT2D eigenvalue weighted by Crippen LogP contribution is 2.16. The molecule has 2 aromatic carbocycles. The molecule has 0 saturated heterocycles. The molecule has 0 radical (unpaired) electrons. The molecule has 2 amide bonds. The van der Waals surface area contributed by atoms with Crippen LogP contribution >= 0.6 is 0 Å². The molecular weight excluding hydrogens is 360 g/mol. The van der Waals surface area contributed by atoms with E-state index >= 15 is 0 Å². The number of esters is 1. The second-order valence-corrected chi connectivity index (χ2v) is 6.60. The molecule has 0 atom stereocenters. The Morgan fingerprint density at radius 1 is 0.929 bits per heavy atom. The van der Waals surface area contributed by atoms with Gasteiger partial charge in [0.05, 0.1) is 0 Å². The first kappa shape index (κ1) is 21.0. The number of carbonyl (C=O) groups is 3. The van der Waals surface area contributed by atoms with Crippen molar-refractivity contribution in [2.45, 2.75) is 13.8 Å². The summed E-state index contributed by atoms with van der Waals surface area (Å²) >= 11 is 0. The number of hydrogen-bond acceptors (Lipinski definition) is 5. The molecule has 0 spiro atoms. The van der Waals surface area contributed by atoms with E-state index in [-0.39, 0.29) is 12.5 Å². The van der Waals surface area contributed by atoms with Crippen molar-refractivity contribution in [1.82, 2.24) is 4.90 Å². The van der Waals surface area contributed by atoms with Crippen molar-refractivity contribution in [3.05, 3.63) is 59.2 Å². The van der Waals surface area contributed by atoms with Gasteiger partial charge in [-0.25, -0.2) is 4.79 Å².